The molecule has 1 aliphatic carbocycles. The van der Waals surface area contributed by atoms with Crippen LogP contribution < -0.4 is 24.8 Å². The van der Waals surface area contributed by atoms with E-state index in [1.807, 2.05) is 12.1 Å². The second-order valence-electron chi connectivity index (χ2n) is 10.7. The molecule has 0 bridgehead atoms. The Hall–Kier alpha value is -3.99. The molecule has 3 N–H and O–H groups in total. The second kappa shape index (κ2) is 12.4. The van der Waals surface area contributed by atoms with E-state index in [9.17, 15) is 35.5 Å². The van der Waals surface area contributed by atoms with Crippen LogP contribution in [0.1, 0.15) is 36.8 Å². The lowest BCUT2D eigenvalue weighted by atomic mass is 9.65. The quantitative estimate of drug-likeness (QED) is 0.354. The fourth-order valence-electron chi connectivity index (χ4n) is 6.02. The molecule has 2 heterocycles. The smallest absolute Gasteiger partial charge is 0.493 e. The van der Waals surface area contributed by atoms with Gasteiger partial charge in [0.05, 0.1) is 19.8 Å². The van der Waals surface area contributed by atoms with Crippen LogP contribution in [0.25, 0.3) is 0 Å². The van der Waals surface area contributed by atoms with Gasteiger partial charge in [-0.1, -0.05) is 6.07 Å². The van der Waals surface area contributed by atoms with Crippen molar-refractivity contribution in [2.24, 2.45) is 0 Å². The summed E-state index contributed by atoms with van der Waals surface area (Å²) in [5.74, 6) is -2.15. The van der Waals surface area contributed by atoms with E-state index in [-0.39, 0.29) is 23.2 Å². The Kier molecular flexibility index (Phi) is 9.36. The molecular weight excluding hydrogens is 623 g/mol. The molecule has 0 radical (unpaired) electrons. The molecule has 3 aliphatic rings. The van der Waals surface area contributed by atoms with Crippen LogP contribution >= 0.6 is 0 Å². The molecule has 2 amide bonds. The van der Waals surface area contributed by atoms with Crippen LogP contribution in [0.5, 0.6) is 17.2 Å². The van der Waals surface area contributed by atoms with Crippen molar-refractivity contribution in [3.05, 3.63) is 47.5 Å². The molecule has 2 fully saturated rings. The molecule has 248 valence electrons. The molecule has 1 saturated heterocycles. The van der Waals surface area contributed by atoms with Crippen LogP contribution in [-0.2, 0) is 21.1 Å². The SMILES string of the molecule is COc1ccc([C@@]23CC[C@@H](NC(=O)Nc4ccc5c(c4)C(F)(F)OC(F)(F)O5)C[C@@H]2N(C)CC3)cc1OC.O=C(O)C(F)(F)F. The highest BCUT2D eigenvalue weighted by molar-refractivity contribution is 5.89. The number of hydrogen-bond donors (Lipinski definition) is 3. The van der Waals surface area contributed by atoms with E-state index in [0.29, 0.717) is 24.3 Å². The van der Waals surface area contributed by atoms with Crippen molar-refractivity contribution < 1.29 is 64.4 Å². The number of rotatable bonds is 5. The molecule has 3 atom stereocenters. The molecule has 2 aliphatic heterocycles. The third-order valence-electron chi connectivity index (χ3n) is 8.09. The number of halogens is 7. The van der Waals surface area contributed by atoms with Crippen molar-refractivity contribution in [3.8, 4) is 17.2 Å². The molecule has 5 rings (SSSR count). The van der Waals surface area contributed by atoms with Crippen molar-refractivity contribution in [1.29, 1.82) is 0 Å². The van der Waals surface area contributed by atoms with E-state index >= 15 is 0 Å². The molecule has 0 spiro atoms. The number of alkyl halides is 7. The Morgan fingerprint density at radius 3 is 2.31 bits per heavy atom. The minimum Gasteiger partial charge on any atom is -0.493 e. The van der Waals surface area contributed by atoms with Crippen LogP contribution in [0, 0.1) is 0 Å². The van der Waals surface area contributed by atoms with E-state index < -0.39 is 41.9 Å². The number of carbonyl (C=O) groups excluding carboxylic acids is 1. The number of likely N-dealkylation sites (tertiary alicyclic amines) is 1. The van der Waals surface area contributed by atoms with Crippen LogP contribution in [-0.4, -0.2) is 74.4 Å². The Labute approximate surface area is 252 Å². The minimum atomic E-state index is -5.08. The van der Waals surface area contributed by atoms with Crippen molar-refractivity contribution in [1.82, 2.24) is 10.2 Å². The van der Waals surface area contributed by atoms with Gasteiger partial charge in [0.2, 0.25) is 0 Å². The van der Waals surface area contributed by atoms with Gasteiger partial charge in [-0.05, 0) is 75.2 Å². The van der Waals surface area contributed by atoms with Crippen LogP contribution in [0.2, 0.25) is 0 Å². The summed E-state index contributed by atoms with van der Waals surface area (Å²) in [4.78, 5) is 23.9. The number of amides is 2. The number of hydrogen-bond acceptors (Lipinski definition) is 7. The number of ether oxygens (including phenoxy) is 4. The van der Waals surface area contributed by atoms with Crippen LogP contribution in [0.4, 0.5) is 41.2 Å². The number of nitrogens with zero attached hydrogens (tertiary/aromatic N) is 1. The molecule has 17 heteroatoms. The zero-order chi connectivity index (χ0) is 33.4. The summed E-state index contributed by atoms with van der Waals surface area (Å²) in [5.41, 5.74) is 0.158. The van der Waals surface area contributed by atoms with E-state index in [0.717, 1.165) is 37.1 Å². The Morgan fingerprint density at radius 2 is 1.69 bits per heavy atom. The molecular formula is C28H30F7N3O7. The third-order valence-corrected chi connectivity index (χ3v) is 8.09. The van der Waals surface area contributed by atoms with Gasteiger partial charge in [-0.25, -0.2) is 14.3 Å². The fourth-order valence-corrected chi connectivity index (χ4v) is 6.02. The lowest BCUT2D eigenvalue weighted by Gasteiger charge is -2.45. The summed E-state index contributed by atoms with van der Waals surface area (Å²) >= 11 is 0. The first-order chi connectivity index (χ1) is 20.9. The van der Waals surface area contributed by atoms with E-state index in [4.69, 9.17) is 19.4 Å². The average molecular weight is 654 g/mol. The lowest BCUT2D eigenvalue weighted by molar-refractivity contribution is -0.461. The number of likely N-dealkylation sites (N-methyl/N-ethyl adjacent to an activating group) is 1. The number of carboxylic acids is 1. The van der Waals surface area contributed by atoms with Gasteiger partial charge in [0.1, 0.15) is 5.75 Å². The first kappa shape index (κ1) is 33.9. The van der Waals surface area contributed by atoms with Crippen LogP contribution in [0.3, 0.4) is 0 Å². The number of fused-ring (bicyclic) bond motifs is 2. The third kappa shape index (κ3) is 7.30. The minimum absolute atomic E-state index is 0.00758. The van der Waals surface area contributed by atoms with Gasteiger partial charge in [-0.3, -0.25) is 0 Å². The topological polar surface area (TPSA) is 119 Å². The molecule has 10 nitrogen and oxygen atoms in total. The zero-order valence-electron chi connectivity index (χ0n) is 24.1. The highest BCUT2D eigenvalue weighted by Gasteiger charge is 2.54. The Balaban J connectivity index is 0.000000591. The number of anilines is 1. The number of carbonyl (C=O) groups is 2. The lowest BCUT2D eigenvalue weighted by Crippen LogP contribution is -2.52. The van der Waals surface area contributed by atoms with Crippen LogP contribution in [0.15, 0.2) is 36.4 Å². The monoisotopic (exact) mass is 653 g/mol. The van der Waals surface area contributed by atoms with Crippen molar-refractivity contribution in [2.75, 3.05) is 33.1 Å². The first-order valence-electron chi connectivity index (χ1n) is 13.5. The molecule has 2 aromatic carbocycles. The maximum absolute atomic E-state index is 14.1. The van der Waals surface area contributed by atoms with Gasteiger partial charge in [-0.15, -0.1) is 8.78 Å². The van der Waals surface area contributed by atoms with Gasteiger partial charge >= 0.3 is 30.6 Å². The van der Waals surface area contributed by atoms with E-state index in [2.05, 4.69) is 38.1 Å². The Bertz CT molecular complexity index is 1430. The second-order valence-corrected chi connectivity index (χ2v) is 10.7. The maximum atomic E-state index is 14.1. The number of methoxy groups -OCH3 is 2. The van der Waals surface area contributed by atoms with Crippen molar-refractivity contribution >= 4 is 17.7 Å². The van der Waals surface area contributed by atoms with Gasteiger partial charge in [-0.2, -0.15) is 22.0 Å². The molecule has 0 aromatic heterocycles. The number of carboxylic acid groups (broad SMARTS) is 1. The molecule has 2 aromatic rings. The molecule has 0 unspecified atom stereocenters. The fraction of sp³-hybridized carbons (Fsp3) is 0.500. The normalized spacial score (nSPS) is 24.9. The van der Waals surface area contributed by atoms with Crippen molar-refractivity contribution in [2.45, 2.75) is 61.8 Å². The highest BCUT2D eigenvalue weighted by atomic mass is 19.4. The van der Waals surface area contributed by atoms with Gasteiger partial charge in [0.15, 0.2) is 11.5 Å². The summed E-state index contributed by atoms with van der Waals surface area (Å²) < 4.78 is 105. The first-order valence-corrected chi connectivity index (χ1v) is 13.5. The zero-order valence-corrected chi connectivity index (χ0v) is 24.1. The van der Waals surface area contributed by atoms with Crippen molar-refractivity contribution in [3.63, 3.8) is 0 Å². The number of aliphatic carboxylic acids is 1. The summed E-state index contributed by atoms with van der Waals surface area (Å²) in [6.07, 6.45) is -10.6. The molecule has 1 saturated carbocycles. The van der Waals surface area contributed by atoms with Gasteiger partial charge < -0.3 is 34.9 Å². The number of urea groups is 1. The number of benzene rings is 2. The van der Waals surface area contributed by atoms with E-state index in [1.54, 1.807) is 14.2 Å². The summed E-state index contributed by atoms with van der Waals surface area (Å²) in [6.45, 7) is 0.907. The highest BCUT2D eigenvalue weighted by Crippen LogP contribution is 2.50. The predicted molar refractivity (Wildman–Crippen MR) is 143 cm³/mol. The maximum Gasteiger partial charge on any atom is 0.540 e. The largest absolute Gasteiger partial charge is 0.540 e. The molecule has 45 heavy (non-hydrogen) atoms. The van der Waals surface area contributed by atoms with Gasteiger partial charge in [0, 0.05) is 23.2 Å². The Morgan fingerprint density at radius 1 is 1.02 bits per heavy atom. The standard InChI is InChI=1S/C26H29F4N3O5.C2HF3O2/c1-33-11-10-24(15-4-6-20(35-2)21(12-15)36-3)9-8-17(14-22(24)33)32-23(34)31-16-5-7-19-18(13-16)25(27,28)38-26(29,30)37-19;3-2(4,5)1(6)7/h4-7,12-13,17,22H,8-11,14H2,1-3H3,(H2,31,32,34);(H,6,7)/t17-,22+,24+;/m1./s1. The van der Waals surface area contributed by atoms with Gasteiger partial charge in [0.25, 0.3) is 0 Å². The van der Waals surface area contributed by atoms with E-state index in [1.165, 1.54) is 6.07 Å². The summed E-state index contributed by atoms with van der Waals surface area (Å²) in [5, 5.41) is 12.6. The summed E-state index contributed by atoms with van der Waals surface area (Å²) in [6, 6.07) is 8.46. The summed E-state index contributed by atoms with van der Waals surface area (Å²) in [7, 11) is 5.27. The predicted octanol–water partition coefficient (Wildman–Crippen LogP) is 5.66. The number of nitrogens with one attached hydrogen (secondary N) is 2. The average Bonchev–Trinajstić information content (AvgIpc) is 3.28.